The number of unbranched alkanes of at least 4 members (excludes halogenated alkanes) is 47. The van der Waals surface area contributed by atoms with Gasteiger partial charge in [-0.25, -0.2) is 9.13 Å². The normalized spacial score (nSPS) is 14.2. The van der Waals surface area contributed by atoms with Crippen LogP contribution in [0, 0.1) is 23.7 Å². The highest BCUT2D eigenvalue weighted by molar-refractivity contribution is 7.47. The third-order valence-corrected chi connectivity index (χ3v) is 22.1. The maximum absolute atomic E-state index is 13.1. The molecule has 0 aromatic heterocycles. The number of rotatable bonds is 82. The number of esters is 4. The molecule has 0 spiro atoms. The minimum atomic E-state index is -4.97. The van der Waals surface area contributed by atoms with E-state index in [0.717, 1.165) is 114 Å². The van der Waals surface area contributed by atoms with E-state index in [-0.39, 0.29) is 25.7 Å². The first kappa shape index (κ1) is 102. The third kappa shape index (κ3) is 76.8. The zero-order chi connectivity index (χ0) is 76.7. The molecule has 0 aromatic carbocycles. The Balaban J connectivity index is 5.24. The van der Waals surface area contributed by atoms with Gasteiger partial charge in [0, 0.05) is 25.7 Å². The monoisotopic (exact) mass is 1520 g/mol. The first-order chi connectivity index (χ1) is 50.1. The Morgan fingerprint density at radius 3 is 0.683 bits per heavy atom. The van der Waals surface area contributed by atoms with Gasteiger partial charge in [-0.2, -0.15) is 0 Å². The highest BCUT2D eigenvalue weighted by atomic mass is 31.2. The summed E-state index contributed by atoms with van der Waals surface area (Å²) in [4.78, 5) is 73.2. The largest absolute Gasteiger partial charge is 0.472 e. The van der Waals surface area contributed by atoms with E-state index in [1.165, 1.54) is 244 Å². The third-order valence-electron chi connectivity index (χ3n) is 20.2. The zero-order valence-electron chi connectivity index (χ0n) is 68.7. The van der Waals surface area contributed by atoms with Gasteiger partial charge in [0.25, 0.3) is 0 Å². The average Bonchev–Trinajstić information content (AvgIpc) is 0.903. The molecule has 3 N–H and O–H groups in total. The predicted molar refractivity (Wildman–Crippen MR) is 428 cm³/mol. The number of hydrogen-bond donors (Lipinski definition) is 3. The molecular weight excluding hydrogens is 1350 g/mol. The molecule has 0 aromatic rings. The van der Waals surface area contributed by atoms with Crippen LogP contribution in [0.4, 0.5) is 0 Å². The summed E-state index contributed by atoms with van der Waals surface area (Å²) in [6, 6.07) is 0. The molecule has 0 saturated carbocycles. The summed E-state index contributed by atoms with van der Waals surface area (Å²) in [7, 11) is -9.93. The lowest BCUT2D eigenvalue weighted by atomic mass is 9.99. The van der Waals surface area contributed by atoms with Crippen molar-refractivity contribution in [3.8, 4) is 0 Å². The average molecular weight is 1520 g/mol. The summed E-state index contributed by atoms with van der Waals surface area (Å²) in [5, 5.41) is 10.7. The van der Waals surface area contributed by atoms with E-state index in [1.54, 1.807) is 0 Å². The minimum absolute atomic E-state index is 0.106. The van der Waals surface area contributed by atoms with E-state index in [4.69, 9.17) is 37.0 Å². The van der Waals surface area contributed by atoms with Gasteiger partial charge in [0.1, 0.15) is 19.3 Å². The van der Waals surface area contributed by atoms with Gasteiger partial charge in [-0.05, 0) is 49.4 Å². The SMILES string of the molecule is CCC(C)CCCCCCCCCCCCCCCCCCCCC(=O)O[C@H](COC(=O)CCCCCCCCCCCCCCCC(C)C)COP(=O)(O)OC[C@@H](O)COP(=O)(O)OC[C@@H](COC(=O)CCCCCCCCCCCCC(C)C)OC(=O)CCCCCCCCCCCCC(C)C. The van der Waals surface area contributed by atoms with E-state index < -0.39 is 97.5 Å². The number of phosphoric ester groups is 2. The summed E-state index contributed by atoms with van der Waals surface area (Å²) >= 11 is 0. The van der Waals surface area contributed by atoms with Crippen LogP contribution in [0.1, 0.15) is 441 Å². The van der Waals surface area contributed by atoms with Crippen molar-refractivity contribution in [2.24, 2.45) is 23.7 Å². The molecule has 3 unspecified atom stereocenters. The molecule has 0 saturated heterocycles. The Morgan fingerprint density at radius 1 is 0.269 bits per heavy atom. The van der Waals surface area contributed by atoms with Crippen molar-refractivity contribution in [2.45, 2.75) is 459 Å². The smallest absolute Gasteiger partial charge is 0.462 e. The fourth-order valence-electron chi connectivity index (χ4n) is 13.1. The lowest BCUT2D eigenvalue weighted by molar-refractivity contribution is -0.161. The Kier molecular flexibility index (Phi) is 72.5. The molecule has 0 rings (SSSR count). The lowest BCUT2D eigenvalue weighted by Crippen LogP contribution is -2.30. The van der Waals surface area contributed by atoms with E-state index in [0.29, 0.717) is 25.7 Å². The Bertz CT molecular complexity index is 2030. The van der Waals surface area contributed by atoms with Crippen LogP contribution in [-0.2, 0) is 65.4 Å². The van der Waals surface area contributed by atoms with Crippen LogP contribution >= 0.6 is 15.6 Å². The molecule has 19 heteroatoms. The molecule has 0 aliphatic carbocycles. The van der Waals surface area contributed by atoms with Gasteiger partial charge >= 0.3 is 39.5 Å². The fraction of sp³-hybridized carbons (Fsp3) is 0.953. The summed E-state index contributed by atoms with van der Waals surface area (Å²) in [5.74, 6) is 1.06. The number of hydrogen-bond acceptors (Lipinski definition) is 15. The van der Waals surface area contributed by atoms with Crippen LogP contribution in [0.3, 0.4) is 0 Å². The maximum atomic E-state index is 13.1. The van der Waals surface area contributed by atoms with Crippen molar-refractivity contribution < 1.29 is 80.2 Å². The van der Waals surface area contributed by atoms with Gasteiger partial charge in [0.05, 0.1) is 26.4 Å². The topological polar surface area (TPSA) is 237 Å². The first-order valence-corrected chi connectivity index (χ1v) is 46.7. The van der Waals surface area contributed by atoms with Crippen molar-refractivity contribution in [1.82, 2.24) is 0 Å². The summed E-state index contributed by atoms with van der Waals surface area (Å²) in [6.07, 6.45) is 62.4. The molecule has 6 atom stereocenters. The molecule has 618 valence electrons. The van der Waals surface area contributed by atoms with Crippen LogP contribution in [0.5, 0.6) is 0 Å². The summed E-state index contributed by atoms with van der Waals surface area (Å²) in [6.45, 7) is 14.3. The quantitative estimate of drug-likeness (QED) is 0.0222. The first-order valence-electron chi connectivity index (χ1n) is 43.7. The van der Waals surface area contributed by atoms with Crippen molar-refractivity contribution in [1.29, 1.82) is 0 Å². The van der Waals surface area contributed by atoms with E-state index in [9.17, 15) is 43.2 Å². The minimum Gasteiger partial charge on any atom is -0.462 e. The molecule has 0 radical (unpaired) electrons. The van der Waals surface area contributed by atoms with Crippen molar-refractivity contribution in [3.05, 3.63) is 0 Å². The molecular formula is C85H166O17P2. The molecule has 0 heterocycles. The van der Waals surface area contributed by atoms with Crippen LogP contribution < -0.4 is 0 Å². The van der Waals surface area contributed by atoms with Gasteiger partial charge in [-0.1, -0.05) is 389 Å². The molecule has 0 amide bonds. The molecule has 17 nitrogen and oxygen atoms in total. The van der Waals surface area contributed by atoms with E-state index >= 15 is 0 Å². The molecule has 0 aliphatic heterocycles. The zero-order valence-corrected chi connectivity index (χ0v) is 70.5. The Hall–Kier alpha value is -1.94. The van der Waals surface area contributed by atoms with Gasteiger partial charge in [-0.15, -0.1) is 0 Å². The predicted octanol–water partition coefficient (Wildman–Crippen LogP) is 25.6. The fourth-order valence-corrected chi connectivity index (χ4v) is 14.7. The summed E-state index contributed by atoms with van der Waals surface area (Å²) in [5.41, 5.74) is 0. The van der Waals surface area contributed by atoms with Gasteiger partial charge in [-0.3, -0.25) is 37.3 Å². The second-order valence-corrected chi connectivity index (χ2v) is 35.2. The van der Waals surface area contributed by atoms with Crippen LogP contribution in [0.25, 0.3) is 0 Å². The van der Waals surface area contributed by atoms with E-state index in [1.807, 2.05) is 0 Å². The Morgan fingerprint density at radius 2 is 0.462 bits per heavy atom. The molecule has 0 bridgehead atoms. The summed E-state index contributed by atoms with van der Waals surface area (Å²) < 4.78 is 68.9. The van der Waals surface area contributed by atoms with Gasteiger partial charge in [0.15, 0.2) is 12.2 Å². The number of aliphatic hydroxyl groups excluding tert-OH is 1. The molecule has 104 heavy (non-hydrogen) atoms. The van der Waals surface area contributed by atoms with Gasteiger partial charge in [0.2, 0.25) is 0 Å². The number of phosphoric acid groups is 2. The van der Waals surface area contributed by atoms with Gasteiger partial charge < -0.3 is 33.8 Å². The molecule has 0 aliphatic rings. The Labute approximate surface area is 638 Å². The number of ether oxygens (including phenoxy) is 4. The lowest BCUT2D eigenvalue weighted by Gasteiger charge is -2.21. The van der Waals surface area contributed by atoms with Crippen molar-refractivity contribution in [3.63, 3.8) is 0 Å². The number of aliphatic hydroxyl groups is 1. The standard InChI is InChI=1S/C85H166O17P2/c1-9-78(8)64-56-48-40-32-22-18-14-12-10-11-13-15-19-24-35-43-51-59-67-84(89)101-80(71-95-82(87)65-57-49-41-33-23-20-16-17-21-29-37-45-53-61-75(2)3)73-99-103(91,92)97-69-79(86)70-98-104(93,94)100-74-81(102-85(90)68-60-52-44-36-28-26-31-39-47-55-63-77(6)7)72-96-83(88)66-58-50-42-34-27-25-30-38-46-54-62-76(4)5/h75-81,86H,9-74H2,1-8H3,(H,91,92)(H,93,94)/t78?,79-,80-,81-/m1/s1. The van der Waals surface area contributed by atoms with E-state index in [2.05, 4.69) is 55.4 Å². The van der Waals surface area contributed by atoms with Crippen LogP contribution in [0.15, 0.2) is 0 Å². The highest BCUT2D eigenvalue weighted by Gasteiger charge is 2.30. The number of carbonyl (C=O) groups is 4. The van der Waals surface area contributed by atoms with Crippen molar-refractivity contribution >= 4 is 39.5 Å². The second kappa shape index (κ2) is 73.8. The van der Waals surface area contributed by atoms with Crippen LogP contribution in [0.2, 0.25) is 0 Å². The number of carbonyl (C=O) groups excluding carboxylic acids is 4. The highest BCUT2D eigenvalue weighted by Crippen LogP contribution is 2.45. The maximum Gasteiger partial charge on any atom is 0.472 e. The van der Waals surface area contributed by atoms with Crippen molar-refractivity contribution in [2.75, 3.05) is 39.6 Å². The van der Waals surface area contributed by atoms with Crippen LogP contribution in [-0.4, -0.2) is 96.7 Å². The molecule has 0 fully saturated rings. The second-order valence-electron chi connectivity index (χ2n) is 32.2.